The Balaban J connectivity index is 1.57. The van der Waals surface area contributed by atoms with Crippen LogP contribution in [0.1, 0.15) is 40.2 Å². The third-order valence-corrected chi connectivity index (χ3v) is 5.45. The monoisotopic (exact) mass is 419 g/mol. The number of furan rings is 1. The largest absolute Gasteiger partial charge is 0.460 e. The van der Waals surface area contributed by atoms with Crippen LogP contribution in [-0.2, 0) is 12.7 Å². The van der Waals surface area contributed by atoms with Crippen LogP contribution in [0.25, 0.3) is 11.1 Å². The summed E-state index contributed by atoms with van der Waals surface area (Å²) in [5.41, 5.74) is 1.37. The minimum Gasteiger partial charge on any atom is -0.460 e. The van der Waals surface area contributed by atoms with E-state index in [0.29, 0.717) is 34.7 Å². The topological polar surface area (TPSA) is 50.4 Å². The van der Waals surface area contributed by atoms with Gasteiger partial charge in [0.25, 0.3) is 5.91 Å². The molecule has 1 fully saturated rings. The number of aromatic nitrogens is 1. The Hall–Kier alpha value is -2.74. The van der Waals surface area contributed by atoms with E-state index >= 15 is 0 Å². The Labute approximate surface area is 172 Å². The van der Waals surface area contributed by atoms with Gasteiger partial charge in [0.1, 0.15) is 11.5 Å². The Morgan fingerprint density at radius 3 is 2.67 bits per heavy atom. The highest BCUT2D eigenvalue weighted by molar-refractivity contribution is 5.97. The second-order valence-electron chi connectivity index (χ2n) is 7.73. The summed E-state index contributed by atoms with van der Waals surface area (Å²) in [4.78, 5) is 15.1. The van der Waals surface area contributed by atoms with Gasteiger partial charge in [-0.25, -0.2) is 0 Å². The summed E-state index contributed by atoms with van der Waals surface area (Å²) >= 11 is 0. The number of nitrogens with zero attached hydrogens (tertiary/aromatic N) is 2. The molecule has 3 heterocycles. The summed E-state index contributed by atoms with van der Waals surface area (Å²) in [5, 5.41) is 2.93. The molecule has 0 unspecified atom stereocenters. The number of nitrogens with one attached hydrogen (secondary N) is 1. The Morgan fingerprint density at radius 1 is 1.17 bits per heavy atom. The lowest BCUT2D eigenvalue weighted by Crippen LogP contribution is -2.34. The van der Waals surface area contributed by atoms with Gasteiger partial charge in [-0.1, -0.05) is 12.1 Å². The summed E-state index contributed by atoms with van der Waals surface area (Å²) in [6.07, 6.45) is -2.04. The molecular formula is C22H24F3N3O2. The normalized spacial score (nSPS) is 15.2. The fourth-order valence-electron chi connectivity index (χ4n) is 3.98. The number of fused-ring (bicyclic) bond motifs is 1. The molecular weight excluding hydrogens is 395 g/mol. The van der Waals surface area contributed by atoms with E-state index in [-0.39, 0.29) is 12.5 Å². The fraction of sp³-hybridized carbons (Fsp3) is 0.409. The first kappa shape index (κ1) is 20.5. The molecule has 1 aliphatic heterocycles. The number of carbonyl (C=O) groups excluding carboxylic acids is 1. The number of likely N-dealkylation sites (tertiary alicyclic amines) is 1. The van der Waals surface area contributed by atoms with Gasteiger partial charge in [0.15, 0.2) is 5.58 Å². The van der Waals surface area contributed by atoms with E-state index in [4.69, 9.17) is 4.42 Å². The first-order valence-corrected chi connectivity index (χ1v) is 10.1. The lowest BCUT2D eigenvalue weighted by atomic mass is 10.1. The number of benzene rings is 1. The van der Waals surface area contributed by atoms with Crippen molar-refractivity contribution in [3.63, 3.8) is 0 Å². The standard InChI is InChI=1S/C22H24F3N3O2/c1-15-11-18-20(30-15)13-19(21(29)26-7-10-27-8-2-3-9-27)28(18)14-16-5-4-6-17(12-16)22(23,24)25/h4-6,11-13H,2-3,7-10,14H2,1H3,(H,26,29). The molecule has 5 nitrogen and oxygen atoms in total. The van der Waals surface area contributed by atoms with E-state index in [2.05, 4.69) is 10.2 Å². The number of aryl methyl sites for hydroxylation is 1. The van der Waals surface area contributed by atoms with Crippen LogP contribution in [0.5, 0.6) is 0 Å². The number of hydrogen-bond donors (Lipinski definition) is 1. The first-order chi connectivity index (χ1) is 14.3. The lowest BCUT2D eigenvalue weighted by molar-refractivity contribution is -0.137. The van der Waals surface area contributed by atoms with Gasteiger partial charge in [-0.3, -0.25) is 4.79 Å². The van der Waals surface area contributed by atoms with Gasteiger partial charge in [0.2, 0.25) is 0 Å². The van der Waals surface area contributed by atoms with E-state index in [9.17, 15) is 18.0 Å². The summed E-state index contributed by atoms with van der Waals surface area (Å²) in [5.74, 6) is 0.420. The molecule has 0 radical (unpaired) electrons. The molecule has 1 N–H and O–H groups in total. The molecule has 0 aliphatic carbocycles. The average Bonchev–Trinajstić information content (AvgIpc) is 3.39. The first-order valence-electron chi connectivity index (χ1n) is 10.1. The van der Waals surface area contributed by atoms with Crippen LogP contribution >= 0.6 is 0 Å². The molecule has 2 aromatic heterocycles. The van der Waals surface area contributed by atoms with Crippen molar-refractivity contribution in [2.45, 2.75) is 32.5 Å². The quantitative estimate of drug-likeness (QED) is 0.643. The number of amides is 1. The van der Waals surface area contributed by atoms with Crippen molar-refractivity contribution in [3.8, 4) is 0 Å². The molecule has 0 saturated carbocycles. The van der Waals surface area contributed by atoms with Crippen LogP contribution in [0.4, 0.5) is 13.2 Å². The third kappa shape index (κ3) is 4.38. The predicted molar refractivity (Wildman–Crippen MR) is 107 cm³/mol. The van der Waals surface area contributed by atoms with Crippen LogP contribution in [0.3, 0.4) is 0 Å². The second-order valence-corrected chi connectivity index (χ2v) is 7.73. The molecule has 1 aliphatic rings. The van der Waals surface area contributed by atoms with Crippen molar-refractivity contribution in [1.29, 1.82) is 0 Å². The molecule has 1 amide bonds. The van der Waals surface area contributed by atoms with Crippen LogP contribution < -0.4 is 5.32 Å². The van der Waals surface area contributed by atoms with Gasteiger partial charge in [0, 0.05) is 31.8 Å². The molecule has 0 atom stereocenters. The molecule has 3 aromatic rings. The zero-order valence-corrected chi connectivity index (χ0v) is 16.8. The van der Waals surface area contributed by atoms with E-state index in [1.807, 2.05) is 0 Å². The van der Waals surface area contributed by atoms with Crippen LogP contribution in [-0.4, -0.2) is 41.6 Å². The predicted octanol–water partition coefficient (Wildman–Crippen LogP) is 4.44. The third-order valence-electron chi connectivity index (χ3n) is 5.45. The Morgan fingerprint density at radius 2 is 1.93 bits per heavy atom. The second kappa shape index (κ2) is 8.18. The summed E-state index contributed by atoms with van der Waals surface area (Å²) in [6.45, 7) is 5.34. The zero-order valence-electron chi connectivity index (χ0n) is 16.8. The van der Waals surface area contributed by atoms with Crippen LogP contribution in [0.15, 0.2) is 40.8 Å². The maximum absolute atomic E-state index is 13.1. The highest BCUT2D eigenvalue weighted by atomic mass is 19.4. The van der Waals surface area contributed by atoms with E-state index in [0.717, 1.165) is 31.8 Å². The van der Waals surface area contributed by atoms with Crippen molar-refractivity contribution in [1.82, 2.24) is 14.8 Å². The smallest absolute Gasteiger partial charge is 0.416 e. The van der Waals surface area contributed by atoms with Gasteiger partial charge in [-0.2, -0.15) is 13.2 Å². The van der Waals surface area contributed by atoms with Crippen molar-refractivity contribution < 1.29 is 22.4 Å². The molecule has 0 spiro atoms. The number of halogens is 3. The van der Waals surface area contributed by atoms with Crippen LogP contribution in [0, 0.1) is 6.92 Å². The molecule has 1 aromatic carbocycles. The summed E-state index contributed by atoms with van der Waals surface area (Å²) < 4.78 is 46.6. The van der Waals surface area contributed by atoms with Crippen LogP contribution in [0.2, 0.25) is 0 Å². The molecule has 30 heavy (non-hydrogen) atoms. The minimum atomic E-state index is -4.41. The highest BCUT2D eigenvalue weighted by Gasteiger charge is 2.30. The SMILES string of the molecule is Cc1cc2c(cc(C(=O)NCCN3CCCC3)n2Cc2cccc(C(F)(F)F)c2)o1. The fourth-order valence-corrected chi connectivity index (χ4v) is 3.98. The maximum Gasteiger partial charge on any atom is 0.416 e. The lowest BCUT2D eigenvalue weighted by Gasteiger charge is -2.16. The van der Waals surface area contributed by atoms with Crippen molar-refractivity contribution in [2.24, 2.45) is 0 Å². The van der Waals surface area contributed by atoms with Gasteiger partial charge in [0.05, 0.1) is 11.1 Å². The van der Waals surface area contributed by atoms with Gasteiger partial charge >= 0.3 is 6.18 Å². The van der Waals surface area contributed by atoms with Gasteiger partial charge < -0.3 is 19.2 Å². The van der Waals surface area contributed by atoms with Crippen molar-refractivity contribution in [3.05, 3.63) is 59.0 Å². The number of alkyl halides is 3. The molecule has 8 heteroatoms. The van der Waals surface area contributed by atoms with Gasteiger partial charge in [-0.05, 0) is 50.6 Å². The van der Waals surface area contributed by atoms with E-state index < -0.39 is 11.7 Å². The average molecular weight is 419 g/mol. The molecule has 0 bridgehead atoms. The van der Waals surface area contributed by atoms with Crippen molar-refractivity contribution >= 4 is 17.0 Å². The Bertz CT molecular complexity index is 1050. The molecule has 160 valence electrons. The Kier molecular flexibility index (Phi) is 5.60. The van der Waals surface area contributed by atoms with E-state index in [1.165, 1.54) is 18.9 Å². The zero-order chi connectivity index (χ0) is 21.3. The van der Waals surface area contributed by atoms with Gasteiger partial charge in [-0.15, -0.1) is 0 Å². The number of rotatable bonds is 6. The number of carbonyl (C=O) groups is 1. The van der Waals surface area contributed by atoms with Crippen molar-refractivity contribution in [2.75, 3.05) is 26.2 Å². The maximum atomic E-state index is 13.1. The van der Waals surface area contributed by atoms with E-state index in [1.54, 1.807) is 29.7 Å². The highest BCUT2D eigenvalue weighted by Crippen LogP contribution is 2.30. The minimum absolute atomic E-state index is 0.140. The summed E-state index contributed by atoms with van der Waals surface area (Å²) in [7, 11) is 0. The summed E-state index contributed by atoms with van der Waals surface area (Å²) in [6, 6.07) is 8.62. The number of hydrogen-bond acceptors (Lipinski definition) is 3. The molecule has 1 saturated heterocycles. The molecule has 4 rings (SSSR count).